The quantitative estimate of drug-likeness (QED) is 0.924. The number of thioether (sulfide) groups is 1. The van der Waals surface area contributed by atoms with Crippen LogP contribution in [0, 0.1) is 0 Å². The summed E-state index contributed by atoms with van der Waals surface area (Å²) in [7, 11) is 0. The molecule has 1 atom stereocenters. The van der Waals surface area contributed by atoms with Gasteiger partial charge >= 0.3 is 12.1 Å². The summed E-state index contributed by atoms with van der Waals surface area (Å²) in [5, 5.41) is 9.31. The minimum Gasteiger partial charge on any atom is -0.480 e. The van der Waals surface area contributed by atoms with Gasteiger partial charge < -0.3 is 5.11 Å². The minimum atomic E-state index is -4.36. The van der Waals surface area contributed by atoms with E-state index in [2.05, 4.69) is 0 Å². The topological polar surface area (TPSA) is 37.3 Å². The van der Waals surface area contributed by atoms with E-state index in [9.17, 15) is 23.1 Å². The molecule has 0 aromatic heterocycles. The molecule has 0 amide bonds. The van der Waals surface area contributed by atoms with Crippen molar-refractivity contribution in [3.8, 4) is 0 Å². The van der Waals surface area contributed by atoms with E-state index < -0.39 is 22.5 Å². The maximum atomic E-state index is 12.4. The van der Waals surface area contributed by atoms with Crippen molar-refractivity contribution in [3.05, 3.63) is 35.4 Å². The molecule has 1 fully saturated rings. The van der Waals surface area contributed by atoms with Gasteiger partial charge in [-0.05, 0) is 42.7 Å². The number of benzene rings is 1. The molecule has 0 bridgehead atoms. The summed E-state index contributed by atoms with van der Waals surface area (Å²) in [4.78, 5) is 11.4. The normalized spacial score (nSPS) is 23.5. The number of hydrogen-bond acceptors (Lipinski definition) is 2. The number of carbonyl (C=O) groups is 1. The largest absolute Gasteiger partial charge is 0.480 e. The molecular formula is C13H13F3O2S. The fourth-order valence-electron chi connectivity index (χ4n) is 2.22. The van der Waals surface area contributed by atoms with Crippen LogP contribution in [0.25, 0.3) is 0 Å². The van der Waals surface area contributed by atoms with Crippen molar-refractivity contribution in [3.63, 3.8) is 0 Å². The Morgan fingerprint density at radius 1 is 1.32 bits per heavy atom. The van der Waals surface area contributed by atoms with Crippen molar-refractivity contribution in [1.82, 2.24) is 0 Å². The molecular weight excluding hydrogens is 277 g/mol. The highest BCUT2D eigenvalue weighted by molar-refractivity contribution is 8.01. The molecule has 2 rings (SSSR count). The summed E-state index contributed by atoms with van der Waals surface area (Å²) in [6.45, 7) is 0. The zero-order chi connectivity index (χ0) is 14.1. The van der Waals surface area contributed by atoms with E-state index in [1.165, 1.54) is 23.9 Å². The Kier molecular flexibility index (Phi) is 3.80. The summed E-state index contributed by atoms with van der Waals surface area (Å²) in [5.41, 5.74) is -0.0792. The van der Waals surface area contributed by atoms with Gasteiger partial charge in [0.15, 0.2) is 0 Å². The number of rotatable bonds is 3. The lowest BCUT2D eigenvalue weighted by Crippen LogP contribution is -2.34. The first-order chi connectivity index (χ1) is 8.83. The zero-order valence-corrected chi connectivity index (χ0v) is 10.9. The number of aliphatic carboxylic acids is 1. The van der Waals surface area contributed by atoms with Gasteiger partial charge in [0.25, 0.3) is 0 Å². The fraction of sp³-hybridized carbons (Fsp3) is 0.462. The summed E-state index contributed by atoms with van der Waals surface area (Å²) >= 11 is 1.38. The second-order valence-electron chi connectivity index (χ2n) is 4.62. The second kappa shape index (κ2) is 5.07. The highest BCUT2D eigenvalue weighted by Gasteiger charge is 2.42. The third kappa shape index (κ3) is 3.05. The second-order valence-corrected chi connectivity index (χ2v) is 6.10. The first kappa shape index (κ1) is 14.2. The molecule has 1 aromatic rings. The monoisotopic (exact) mass is 290 g/mol. The first-order valence-electron chi connectivity index (χ1n) is 5.87. The van der Waals surface area contributed by atoms with Gasteiger partial charge in [0.1, 0.15) is 4.75 Å². The van der Waals surface area contributed by atoms with Crippen LogP contribution in [-0.4, -0.2) is 21.6 Å². The lowest BCUT2D eigenvalue weighted by molar-refractivity contribution is -0.140. The molecule has 19 heavy (non-hydrogen) atoms. The van der Waals surface area contributed by atoms with Crippen LogP contribution in [0.4, 0.5) is 13.2 Å². The van der Waals surface area contributed by atoms with Crippen LogP contribution in [0.1, 0.15) is 24.0 Å². The predicted octanol–water partition coefficient (Wildman–Crippen LogP) is 3.60. The van der Waals surface area contributed by atoms with Gasteiger partial charge in [-0.2, -0.15) is 13.2 Å². The van der Waals surface area contributed by atoms with Crippen molar-refractivity contribution in [2.45, 2.75) is 30.2 Å². The molecule has 1 N–H and O–H groups in total. The number of alkyl halides is 3. The molecule has 1 aliphatic heterocycles. The summed E-state index contributed by atoms with van der Waals surface area (Å²) in [5.74, 6) is -0.0951. The maximum absolute atomic E-state index is 12.4. The first-order valence-corrected chi connectivity index (χ1v) is 6.86. The van der Waals surface area contributed by atoms with Gasteiger partial charge in [-0.1, -0.05) is 12.1 Å². The minimum absolute atomic E-state index is 0.269. The average molecular weight is 290 g/mol. The molecule has 1 heterocycles. The number of hydrogen-bond donors (Lipinski definition) is 1. The van der Waals surface area contributed by atoms with Crippen molar-refractivity contribution in [2.24, 2.45) is 0 Å². The fourth-order valence-corrected chi connectivity index (χ4v) is 3.58. The molecule has 104 valence electrons. The van der Waals surface area contributed by atoms with Crippen LogP contribution in [0.15, 0.2) is 24.3 Å². The van der Waals surface area contributed by atoms with E-state index in [0.717, 1.165) is 24.3 Å². The lowest BCUT2D eigenvalue weighted by atomic mass is 9.94. The highest BCUT2D eigenvalue weighted by atomic mass is 32.2. The Labute approximate surface area is 113 Å². The van der Waals surface area contributed by atoms with E-state index in [1.807, 2.05) is 0 Å². The third-order valence-electron chi connectivity index (χ3n) is 3.26. The number of halogens is 3. The molecule has 1 unspecified atom stereocenters. The molecule has 2 nitrogen and oxygen atoms in total. The summed E-state index contributed by atoms with van der Waals surface area (Å²) in [6.07, 6.45) is -2.69. The molecule has 0 spiro atoms. The number of carboxylic acid groups (broad SMARTS) is 1. The van der Waals surface area contributed by atoms with Crippen LogP contribution in [0.3, 0.4) is 0 Å². The van der Waals surface area contributed by atoms with Crippen LogP contribution in [-0.2, 0) is 17.4 Å². The molecule has 0 radical (unpaired) electrons. The molecule has 0 saturated carbocycles. The maximum Gasteiger partial charge on any atom is 0.416 e. The standard InChI is InChI=1S/C13H13F3O2S/c14-13(15,16)10-4-2-9(3-5-10)8-12(11(17)18)6-1-7-19-12/h2-5H,1,6-8H2,(H,17,18). The van der Waals surface area contributed by atoms with Gasteiger partial charge in [0, 0.05) is 0 Å². The van der Waals surface area contributed by atoms with Crippen molar-refractivity contribution in [2.75, 3.05) is 5.75 Å². The van der Waals surface area contributed by atoms with Crippen molar-refractivity contribution in [1.29, 1.82) is 0 Å². The van der Waals surface area contributed by atoms with Gasteiger partial charge in [0.05, 0.1) is 5.56 Å². The van der Waals surface area contributed by atoms with Gasteiger partial charge in [-0.25, -0.2) is 0 Å². The summed E-state index contributed by atoms with van der Waals surface area (Å²) < 4.78 is 36.4. The van der Waals surface area contributed by atoms with Gasteiger partial charge in [-0.15, -0.1) is 11.8 Å². The average Bonchev–Trinajstić information content (AvgIpc) is 2.78. The Bertz CT molecular complexity index is 462. The Balaban J connectivity index is 2.17. The van der Waals surface area contributed by atoms with Crippen LogP contribution < -0.4 is 0 Å². The van der Waals surface area contributed by atoms with Crippen LogP contribution in [0.5, 0.6) is 0 Å². The van der Waals surface area contributed by atoms with Gasteiger partial charge in [-0.3, -0.25) is 4.79 Å². The van der Waals surface area contributed by atoms with E-state index in [-0.39, 0.29) is 6.42 Å². The highest BCUT2D eigenvalue weighted by Crippen LogP contribution is 2.41. The van der Waals surface area contributed by atoms with E-state index in [1.54, 1.807) is 0 Å². The Hall–Kier alpha value is -1.17. The van der Waals surface area contributed by atoms with Gasteiger partial charge in [0.2, 0.25) is 0 Å². The van der Waals surface area contributed by atoms with E-state index in [0.29, 0.717) is 12.0 Å². The third-order valence-corrected chi connectivity index (χ3v) is 4.83. The Morgan fingerprint density at radius 2 is 1.95 bits per heavy atom. The molecule has 0 aliphatic carbocycles. The Morgan fingerprint density at radius 3 is 2.37 bits per heavy atom. The lowest BCUT2D eigenvalue weighted by Gasteiger charge is -2.23. The molecule has 1 saturated heterocycles. The van der Waals surface area contributed by atoms with Crippen LogP contribution >= 0.6 is 11.8 Å². The molecule has 1 aromatic carbocycles. The zero-order valence-electron chi connectivity index (χ0n) is 10.0. The van der Waals surface area contributed by atoms with E-state index >= 15 is 0 Å². The van der Waals surface area contributed by atoms with Crippen molar-refractivity contribution >= 4 is 17.7 Å². The van der Waals surface area contributed by atoms with Crippen molar-refractivity contribution < 1.29 is 23.1 Å². The van der Waals surface area contributed by atoms with E-state index in [4.69, 9.17) is 0 Å². The number of carboxylic acids is 1. The molecule has 1 aliphatic rings. The SMILES string of the molecule is O=C(O)C1(Cc2ccc(C(F)(F)F)cc2)CCCS1. The van der Waals surface area contributed by atoms with Crippen LogP contribution in [0.2, 0.25) is 0 Å². The molecule has 6 heteroatoms. The smallest absolute Gasteiger partial charge is 0.416 e. The summed E-state index contributed by atoms with van der Waals surface area (Å²) in [6, 6.07) is 4.74. The predicted molar refractivity (Wildman–Crippen MR) is 67.2 cm³/mol.